The van der Waals surface area contributed by atoms with Gasteiger partial charge >= 0.3 is 0 Å². The van der Waals surface area contributed by atoms with Crippen LogP contribution in [-0.4, -0.2) is 38.1 Å². The maximum Gasteiger partial charge on any atom is 0.0229 e. The lowest BCUT2D eigenvalue weighted by Crippen LogP contribution is -2.31. The van der Waals surface area contributed by atoms with E-state index >= 15 is 0 Å². The molecule has 9 heavy (non-hydrogen) atoms. The highest BCUT2D eigenvalue weighted by Crippen LogP contribution is 2.12. The van der Waals surface area contributed by atoms with Crippen molar-refractivity contribution in [2.45, 2.75) is 13.0 Å². The van der Waals surface area contributed by atoms with Gasteiger partial charge in [-0.25, -0.2) is 0 Å². The number of nitrogens with one attached hydrogen (secondary N) is 1. The van der Waals surface area contributed by atoms with Gasteiger partial charge in [0.2, 0.25) is 0 Å². The summed E-state index contributed by atoms with van der Waals surface area (Å²) in [5.41, 5.74) is 0. The first-order valence-corrected chi connectivity index (χ1v) is 3.60. The Bertz CT molecular complexity index is 92.9. The van der Waals surface area contributed by atoms with Gasteiger partial charge in [-0.3, -0.25) is 0 Å². The minimum absolute atomic E-state index is 0.718. The number of likely N-dealkylation sites (N-methyl/N-ethyl adjacent to an activating group) is 2. The molecule has 0 unspecified atom stereocenters. The third kappa shape index (κ3) is 1.43. The zero-order valence-corrected chi connectivity index (χ0v) is 6.52. The van der Waals surface area contributed by atoms with Crippen molar-refractivity contribution < 1.29 is 0 Å². The second kappa shape index (κ2) is 2.67. The first-order chi connectivity index (χ1) is 4.24. The Balaban J connectivity index is 2.38. The highest BCUT2D eigenvalue weighted by Gasteiger charge is 2.24. The summed E-state index contributed by atoms with van der Waals surface area (Å²) in [4.78, 5) is 2.37. The highest BCUT2D eigenvalue weighted by molar-refractivity contribution is 4.83. The van der Waals surface area contributed by atoms with Gasteiger partial charge in [0, 0.05) is 19.1 Å². The first-order valence-electron chi connectivity index (χ1n) is 3.60. The summed E-state index contributed by atoms with van der Waals surface area (Å²) in [6.07, 6.45) is 0. The number of rotatable bonds is 1. The summed E-state index contributed by atoms with van der Waals surface area (Å²) >= 11 is 0. The number of hydrogen-bond acceptors (Lipinski definition) is 2. The molecule has 0 aromatic carbocycles. The van der Waals surface area contributed by atoms with Crippen LogP contribution in [0.4, 0.5) is 0 Å². The van der Waals surface area contributed by atoms with Crippen molar-refractivity contribution in [1.29, 1.82) is 0 Å². The van der Waals surface area contributed by atoms with Crippen LogP contribution in [-0.2, 0) is 0 Å². The Morgan fingerprint density at radius 1 is 1.44 bits per heavy atom. The maximum absolute atomic E-state index is 3.30. The molecule has 1 rings (SSSR count). The fraction of sp³-hybridized carbons (Fsp3) is 1.00. The Kier molecular flexibility index (Phi) is 2.09. The van der Waals surface area contributed by atoms with Gasteiger partial charge in [0.15, 0.2) is 0 Å². The van der Waals surface area contributed by atoms with Crippen LogP contribution in [0.5, 0.6) is 0 Å². The smallest absolute Gasteiger partial charge is 0.0229 e. The molecule has 0 radical (unpaired) electrons. The normalized spacial score (nSPS) is 37.7. The van der Waals surface area contributed by atoms with Crippen LogP contribution in [0, 0.1) is 5.92 Å². The molecule has 2 atom stereocenters. The van der Waals surface area contributed by atoms with E-state index in [0.717, 1.165) is 12.0 Å². The van der Waals surface area contributed by atoms with Gasteiger partial charge in [0.1, 0.15) is 0 Å². The molecule has 1 aliphatic rings. The third-order valence-corrected chi connectivity index (χ3v) is 2.17. The standard InChI is InChI=1S/C7H16N2/c1-6-4-9(3)5-7(6)8-2/h6-8H,4-5H2,1-3H3/t6-,7-/m0/s1. The van der Waals surface area contributed by atoms with Crippen molar-refractivity contribution in [2.75, 3.05) is 27.2 Å². The average molecular weight is 128 g/mol. The summed E-state index contributed by atoms with van der Waals surface area (Å²) in [5.74, 6) is 0.819. The van der Waals surface area contributed by atoms with Crippen molar-refractivity contribution in [1.82, 2.24) is 10.2 Å². The van der Waals surface area contributed by atoms with Crippen molar-refractivity contribution in [3.05, 3.63) is 0 Å². The van der Waals surface area contributed by atoms with Crippen LogP contribution in [0.15, 0.2) is 0 Å². The second-order valence-corrected chi connectivity index (χ2v) is 3.09. The molecule has 1 aliphatic heterocycles. The summed E-state index contributed by atoms with van der Waals surface area (Å²) in [6.45, 7) is 4.74. The van der Waals surface area contributed by atoms with E-state index in [1.165, 1.54) is 13.1 Å². The molecule has 2 nitrogen and oxygen atoms in total. The van der Waals surface area contributed by atoms with E-state index in [2.05, 4.69) is 24.2 Å². The van der Waals surface area contributed by atoms with Crippen LogP contribution in [0.3, 0.4) is 0 Å². The molecule has 1 N–H and O–H groups in total. The molecule has 0 saturated carbocycles. The van der Waals surface area contributed by atoms with Gasteiger partial charge < -0.3 is 10.2 Å². The van der Waals surface area contributed by atoms with Gasteiger partial charge in [0.25, 0.3) is 0 Å². The van der Waals surface area contributed by atoms with Gasteiger partial charge in [-0.15, -0.1) is 0 Å². The molecule has 1 heterocycles. The van der Waals surface area contributed by atoms with E-state index in [9.17, 15) is 0 Å². The molecule has 1 fully saturated rings. The van der Waals surface area contributed by atoms with E-state index in [-0.39, 0.29) is 0 Å². The van der Waals surface area contributed by atoms with E-state index in [1.54, 1.807) is 0 Å². The topological polar surface area (TPSA) is 15.3 Å². The van der Waals surface area contributed by atoms with E-state index in [4.69, 9.17) is 0 Å². The summed E-state index contributed by atoms with van der Waals surface area (Å²) < 4.78 is 0. The Hall–Kier alpha value is -0.0800. The van der Waals surface area contributed by atoms with Crippen molar-refractivity contribution in [2.24, 2.45) is 5.92 Å². The third-order valence-electron chi connectivity index (χ3n) is 2.17. The Morgan fingerprint density at radius 3 is 2.33 bits per heavy atom. The molecular weight excluding hydrogens is 112 g/mol. The van der Waals surface area contributed by atoms with E-state index in [1.807, 2.05) is 7.05 Å². The highest BCUT2D eigenvalue weighted by atomic mass is 15.2. The predicted octanol–water partition coefficient (Wildman–Crippen LogP) is 0.156. The van der Waals surface area contributed by atoms with Crippen molar-refractivity contribution >= 4 is 0 Å². The Labute approximate surface area is 57.2 Å². The number of nitrogens with zero attached hydrogens (tertiary/aromatic N) is 1. The van der Waals surface area contributed by atoms with Crippen LogP contribution in [0.2, 0.25) is 0 Å². The molecule has 1 saturated heterocycles. The lowest BCUT2D eigenvalue weighted by atomic mass is 10.1. The van der Waals surface area contributed by atoms with Crippen molar-refractivity contribution in [3.8, 4) is 0 Å². The quantitative estimate of drug-likeness (QED) is 0.541. The average Bonchev–Trinajstić information content (AvgIpc) is 2.10. The predicted molar refractivity (Wildman–Crippen MR) is 39.5 cm³/mol. The molecule has 0 spiro atoms. The van der Waals surface area contributed by atoms with Gasteiger partial charge in [0.05, 0.1) is 0 Å². The molecule has 0 aliphatic carbocycles. The lowest BCUT2D eigenvalue weighted by Gasteiger charge is -2.11. The van der Waals surface area contributed by atoms with E-state index < -0.39 is 0 Å². The molecule has 0 aromatic heterocycles. The van der Waals surface area contributed by atoms with Crippen molar-refractivity contribution in [3.63, 3.8) is 0 Å². The fourth-order valence-corrected chi connectivity index (χ4v) is 1.58. The van der Waals surface area contributed by atoms with E-state index in [0.29, 0.717) is 0 Å². The minimum atomic E-state index is 0.718. The molecule has 0 bridgehead atoms. The molecule has 0 aromatic rings. The fourth-order valence-electron chi connectivity index (χ4n) is 1.58. The molecule has 54 valence electrons. The summed E-state index contributed by atoms with van der Waals surface area (Å²) in [5, 5.41) is 3.30. The largest absolute Gasteiger partial charge is 0.315 e. The zero-order valence-electron chi connectivity index (χ0n) is 6.52. The summed E-state index contributed by atoms with van der Waals surface area (Å²) in [6, 6.07) is 0.718. The van der Waals surface area contributed by atoms with Crippen LogP contribution >= 0.6 is 0 Å². The van der Waals surface area contributed by atoms with Crippen LogP contribution in [0.25, 0.3) is 0 Å². The maximum atomic E-state index is 3.30. The van der Waals surface area contributed by atoms with Crippen LogP contribution in [0.1, 0.15) is 6.92 Å². The zero-order chi connectivity index (χ0) is 6.85. The molecular formula is C7H16N2. The summed E-state index contributed by atoms with van der Waals surface area (Å²) in [7, 11) is 4.22. The van der Waals surface area contributed by atoms with Gasteiger partial charge in [-0.2, -0.15) is 0 Å². The molecule has 0 amide bonds. The lowest BCUT2D eigenvalue weighted by molar-refractivity contribution is 0.399. The first kappa shape index (κ1) is 7.03. The van der Waals surface area contributed by atoms with Crippen LogP contribution < -0.4 is 5.32 Å². The number of hydrogen-bond donors (Lipinski definition) is 1. The monoisotopic (exact) mass is 128 g/mol. The minimum Gasteiger partial charge on any atom is -0.315 e. The second-order valence-electron chi connectivity index (χ2n) is 3.09. The number of likely N-dealkylation sites (tertiary alicyclic amines) is 1. The van der Waals surface area contributed by atoms with Gasteiger partial charge in [-0.05, 0) is 20.0 Å². The Morgan fingerprint density at radius 2 is 2.11 bits per heavy atom. The molecule has 2 heteroatoms. The SMILES string of the molecule is CN[C@H]1CN(C)C[C@@H]1C. The van der Waals surface area contributed by atoms with Gasteiger partial charge in [-0.1, -0.05) is 6.92 Å².